The Kier molecular flexibility index (Phi) is 5.28. The van der Waals surface area contributed by atoms with Crippen LogP contribution in [0, 0.1) is 0 Å². The molecule has 4 N–H and O–H groups in total. The first-order valence-corrected chi connectivity index (χ1v) is 9.48. The number of carbonyl (C=O) groups is 2. The molecular weight excluding hydrogens is 374 g/mol. The summed E-state index contributed by atoms with van der Waals surface area (Å²) in [5, 5.41) is 9.83. The molecule has 0 spiro atoms. The zero-order valence-electron chi connectivity index (χ0n) is 14.0. The molecule has 0 saturated carbocycles. The van der Waals surface area contributed by atoms with Crippen molar-refractivity contribution in [2.45, 2.75) is 11.0 Å². The molecule has 0 radical (unpaired) electrons. The number of sulfonamides is 1. The van der Waals surface area contributed by atoms with Crippen LogP contribution >= 0.6 is 0 Å². The fraction of sp³-hybridized carbons (Fsp3) is 0.176. The van der Waals surface area contributed by atoms with Gasteiger partial charge >= 0.3 is 11.8 Å². The Balaban J connectivity index is 1.50. The van der Waals surface area contributed by atoms with E-state index in [1.54, 1.807) is 18.2 Å². The number of hydrogen-bond donors (Lipinski definition) is 3. The highest BCUT2D eigenvalue weighted by molar-refractivity contribution is 7.89. The van der Waals surface area contributed by atoms with Crippen LogP contribution in [0.5, 0.6) is 11.5 Å². The van der Waals surface area contributed by atoms with Crippen molar-refractivity contribution >= 4 is 27.5 Å². The average Bonchev–Trinajstić information content (AvgIpc) is 2.65. The van der Waals surface area contributed by atoms with Gasteiger partial charge in [-0.2, -0.15) is 0 Å². The monoisotopic (exact) mass is 391 g/mol. The van der Waals surface area contributed by atoms with Crippen molar-refractivity contribution < 1.29 is 27.5 Å². The van der Waals surface area contributed by atoms with Crippen molar-refractivity contribution in [1.82, 2.24) is 5.32 Å². The molecule has 2 aromatic rings. The second kappa shape index (κ2) is 7.64. The molecule has 1 aliphatic rings. The molecule has 0 bridgehead atoms. The number of carbonyl (C=O) groups excluding carboxylic acids is 2. The van der Waals surface area contributed by atoms with Crippen LogP contribution in [0.15, 0.2) is 53.4 Å². The van der Waals surface area contributed by atoms with Gasteiger partial charge < -0.3 is 20.1 Å². The van der Waals surface area contributed by atoms with E-state index in [1.807, 2.05) is 6.07 Å². The highest BCUT2D eigenvalue weighted by atomic mass is 32.2. The van der Waals surface area contributed by atoms with Crippen LogP contribution in [-0.2, 0) is 19.6 Å². The van der Waals surface area contributed by atoms with Gasteiger partial charge in [-0.1, -0.05) is 12.1 Å². The van der Waals surface area contributed by atoms with E-state index in [0.29, 0.717) is 11.5 Å². The van der Waals surface area contributed by atoms with Gasteiger partial charge in [0.15, 0.2) is 11.5 Å². The van der Waals surface area contributed by atoms with E-state index in [1.165, 1.54) is 24.3 Å². The molecule has 0 saturated heterocycles. The molecular formula is C17H17N3O6S. The standard InChI is InChI=1S/C17H17N3O6S/c18-27(23,24)13-7-5-11(6-8-13)20-17(22)16(21)19-9-12-10-25-14-3-1-2-4-15(14)26-12/h1-8,12H,9-10H2,(H,19,21)(H,20,22)(H2,18,23,24). The summed E-state index contributed by atoms with van der Waals surface area (Å²) < 4.78 is 33.6. The molecule has 0 aromatic heterocycles. The first kappa shape index (κ1) is 18.7. The van der Waals surface area contributed by atoms with Gasteiger partial charge in [-0.25, -0.2) is 13.6 Å². The summed E-state index contributed by atoms with van der Waals surface area (Å²) in [6, 6.07) is 12.3. The van der Waals surface area contributed by atoms with Crippen molar-refractivity contribution in [3.8, 4) is 11.5 Å². The van der Waals surface area contributed by atoms with Crippen molar-refractivity contribution in [2.75, 3.05) is 18.5 Å². The number of rotatable bonds is 4. The summed E-state index contributed by atoms with van der Waals surface area (Å²) >= 11 is 0. The van der Waals surface area contributed by atoms with Crippen LogP contribution in [0.1, 0.15) is 0 Å². The number of nitrogens with two attached hydrogens (primary N) is 1. The topological polar surface area (TPSA) is 137 Å². The highest BCUT2D eigenvalue weighted by Crippen LogP contribution is 2.30. The van der Waals surface area contributed by atoms with Gasteiger partial charge in [0.2, 0.25) is 10.0 Å². The van der Waals surface area contributed by atoms with E-state index >= 15 is 0 Å². The molecule has 0 aliphatic carbocycles. The predicted octanol–water partition coefficient (Wildman–Crippen LogP) is 0.229. The molecule has 142 valence electrons. The number of anilines is 1. The normalized spacial score (nSPS) is 15.7. The van der Waals surface area contributed by atoms with Crippen LogP contribution < -0.4 is 25.2 Å². The second-order valence-corrected chi connectivity index (χ2v) is 7.29. The molecule has 27 heavy (non-hydrogen) atoms. The minimum absolute atomic E-state index is 0.0882. The van der Waals surface area contributed by atoms with Gasteiger partial charge in [0.25, 0.3) is 0 Å². The fourth-order valence-corrected chi connectivity index (χ4v) is 2.88. The summed E-state index contributed by atoms with van der Waals surface area (Å²) in [5.41, 5.74) is 0.258. The lowest BCUT2D eigenvalue weighted by Crippen LogP contribution is -2.44. The molecule has 1 aliphatic heterocycles. The Labute approximate surface area is 155 Å². The lowest BCUT2D eigenvalue weighted by Gasteiger charge is -2.26. The summed E-state index contributed by atoms with van der Waals surface area (Å²) in [6.07, 6.45) is -0.425. The molecule has 3 rings (SSSR count). The molecule has 1 unspecified atom stereocenters. The lowest BCUT2D eigenvalue weighted by atomic mass is 10.2. The largest absolute Gasteiger partial charge is 0.486 e. The minimum atomic E-state index is -3.82. The smallest absolute Gasteiger partial charge is 0.313 e. The Hall–Kier alpha value is -3.11. The maximum absolute atomic E-state index is 11.9. The molecule has 1 atom stereocenters. The lowest BCUT2D eigenvalue weighted by molar-refractivity contribution is -0.136. The third-order valence-corrected chi connectivity index (χ3v) is 4.63. The second-order valence-electron chi connectivity index (χ2n) is 5.73. The zero-order valence-corrected chi connectivity index (χ0v) is 14.9. The summed E-state index contributed by atoms with van der Waals surface area (Å²) in [5.74, 6) is -0.549. The third-order valence-electron chi connectivity index (χ3n) is 3.70. The Bertz CT molecular complexity index is 959. The molecule has 1 heterocycles. The SMILES string of the molecule is NS(=O)(=O)c1ccc(NC(=O)C(=O)NCC2COc3ccccc3O2)cc1. The number of nitrogens with one attached hydrogen (secondary N) is 2. The quantitative estimate of drug-likeness (QED) is 0.638. The molecule has 9 nitrogen and oxygen atoms in total. The van der Waals surface area contributed by atoms with Crippen LogP contribution in [0.25, 0.3) is 0 Å². The van der Waals surface area contributed by atoms with Gasteiger partial charge in [-0.15, -0.1) is 0 Å². The van der Waals surface area contributed by atoms with E-state index in [0.717, 1.165) is 0 Å². The van der Waals surface area contributed by atoms with E-state index in [9.17, 15) is 18.0 Å². The number of primary sulfonamides is 1. The summed E-state index contributed by atoms with van der Waals surface area (Å²) in [6.45, 7) is 0.332. The van der Waals surface area contributed by atoms with Crippen molar-refractivity contribution in [2.24, 2.45) is 5.14 Å². The van der Waals surface area contributed by atoms with E-state index in [4.69, 9.17) is 14.6 Å². The summed E-state index contributed by atoms with van der Waals surface area (Å²) in [7, 11) is -3.82. The van der Waals surface area contributed by atoms with Crippen molar-refractivity contribution in [3.05, 3.63) is 48.5 Å². The minimum Gasteiger partial charge on any atom is -0.486 e. The van der Waals surface area contributed by atoms with Crippen LogP contribution in [0.3, 0.4) is 0 Å². The molecule has 2 amide bonds. The molecule has 10 heteroatoms. The van der Waals surface area contributed by atoms with Crippen LogP contribution in [0.2, 0.25) is 0 Å². The van der Waals surface area contributed by atoms with Crippen LogP contribution in [-0.4, -0.2) is 39.5 Å². The number of ether oxygens (including phenoxy) is 2. The fourth-order valence-electron chi connectivity index (χ4n) is 2.37. The van der Waals surface area contributed by atoms with Gasteiger partial charge in [0, 0.05) is 5.69 Å². The predicted molar refractivity (Wildman–Crippen MR) is 95.8 cm³/mol. The summed E-state index contributed by atoms with van der Waals surface area (Å²) in [4.78, 5) is 23.8. The van der Waals surface area contributed by atoms with E-state index in [2.05, 4.69) is 10.6 Å². The average molecular weight is 391 g/mol. The first-order valence-electron chi connectivity index (χ1n) is 7.93. The van der Waals surface area contributed by atoms with Crippen LogP contribution in [0.4, 0.5) is 5.69 Å². The van der Waals surface area contributed by atoms with Gasteiger partial charge in [0.1, 0.15) is 12.7 Å². The zero-order chi connectivity index (χ0) is 19.4. The first-order chi connectivity index (χ1) is 12.8. The van der Waals surface area contributed by atoms with E-state index < -0.39 is 27.9 Å². The number of benzene rings is 2. The maximum Gasteiger partial charge on any atom is 0.313 e. The van der Waals surface area contributed by atoms with Gasteiger partial charge in [0.05, 0.1) is 11.4 Å². The number of fused-ring (bicyclic) bond motifs is 1. The number of hydrogen-bond acceptors (Lipinski definition) is 6. The Morgan fingerprint density at radius 3 is 2.37 bits per heavy atom. The van der Waals surface area contributed by atoms with Gasteiger partial charge in [-0.3, -0.25) is 9.59 Å². The molecule has 0 fully saturated rings. The third kappa shape index (κ3) is 4.74. The Morgan fingerprint density at radius 2 is 1.70 bits per heavy atom. The maximum atomic E-state index is 11.9. The van der Waals surface area contributed by atoms with E-state index in [-0.39, 0.29) is 23.7 Å². The number of amides is 2. The van der Waals surface area contributed by atoms with Crippen molar-refractivity contribution in [1.29, 1.82) is 0 Å². The van der Waals surface area contributed by atoms with Gasteiger partial charge in [-0.05, 0) is 36.4 Å². The van der Waals surface area contributed by atoms with Crippen molar-refractivity contribution in [3.63, 3.8) is 0 Å². The molecule has 2 aromatic carbocycles. The Morgan fingerprint density at radius 1 is 1.04 bits per heavy atom. The number of para-hydroxylation sites is 2. The highest BCUT2D eigenvalue weighted by Gasteiger charge is 2.22.